The molecule has 1 aliphatic rings. The van der Waals surface area contributed by atoms with Crippen molar-refractivity contribution < 1.29 is 4.74 Å². The molecule has 0 aromatic heterocycles. The highest BCUT2D eigenvalue weighted by Crippen LogP contribution is 1.99. The van der Waals surface area contributed by atoms with Crippen LogP contribution in [0.2, 0.25) is 0 Å². The van der Waals surface area contributed by atoms with E-state index in [1.807, 2.05) is 0 Å². The summed E-state index contributed by atoms with van der Waals surface area (Å²) in [6.07, 6.45) is 1.11. The molecule has 16 heavy (non-hydrogen) atoms. The van der Waals surface area contributed by atoms with Gasteiger partial charge < -0.3 is 15.0 Å². The number of hydrogen-bond donors (Lipinski definition) is 1. The summed E-state index contributed by atoms with van der Waals surface area (Å²) in [7, 11) is 1.76. The van der Waals surface area contributed by atoms with Crippen molar-refractivity contribution in [2.24, 2.45) is 0 Å². The van der Waals surface area contributed by atoms with Gasteiger partial charge in [-0.3, -0.25) is 4.90 Å². The standard InChI is InChI=1S/C12H27N3O/c1-3-14-8-10-15(11-9-14)7-6-13-5-4-12-16-2/h13H,3-12H2,1-2H3. The van der Waals surface area contributed by atoms with Gasteiger partial charge in [-0.15, -0.1) is 0 Å². The Kier molecular flexibility index (Phi) is 7.76. The number of hydrogen-bond acceptors (Lipinski definition) is 4. The summed E-state index contributed by atoms with van der Waals surface area (Å²) in [5.74, 6) is 0. The van der Waals surface area contributed by atoms with Gasteiger partial charge in [0, 0.05) is 53.0 Å². The van der Waals surface area contributed by atoms with Crippen molar-refractivity contribution >= 4 is 0 Å². The summed E-state index contributed by atoms with van der Waals surface area (Å²) in [5, 5.41) is 3.46. The van der Waals surface area contributed by atoms with Crippen LogP contribution in [0, 0.1) is 0 Å². The van der Waals surface area contributed by atoms with Gasteiger partial charge in [0.15, 0.2) is 0 Å². The molecule has 4 heteroatoms. The lowest BCUT2D eigenvalue weighted by Gasteiger charge is -2.34. The van der Waals surface area contributed by atoms with E-state index in [0.717, 1.165) is 26.1 Å². The van der Waals surface area contributed by atoms with Crippen molar-refractivity contribution in [2.45, 2.75) is 13.3 Å². The van der Waals surface area contributed by atoms with E-state index in [9.17, 15) is 0 Å². The lowest BCUT2D eigenvalue weighted by Crippen LogP contribution is -2.47. The number of nitrogens with zero attached hydrogens (tertiary/aromatic N) is 2. The quantitative estimate of drug-likeness (QED) is 0.604. The summed E-state index contributed by atoms with van der Waals surface area (Å²) < 4.78 is 5.01. The molecule has 0 saturated carbocycles. The van der Waals surface area contributed by atoms with Gasteiger partial charge in [-0.2, -0.15) is 0 Å². The maximum Gasteiger partial charge on any atom is 0.0474 e. The molecule has 1 rings (SSSR count). The normalized spacial score (nSPS) is 19.1. The topological polar surface area (TPSA) is 27.7 Å². The van der Waals surface area contributed by atoms with E-state index in [2.05, 4.69) is 22.0 Å². The highest BCUT2D eigenvalue weighted by Gasteiger charge is 2.14. The fourth-order valence-corrected chi connectivity index (χ4v) is 2.03. The highest BCUT2D eigenvalue weighted by atomic mass is 16.5. The first-order chi connectivity index (χ1) is 7.86. The van der Waals surface area contributed by atoms with Crippen LogP contribution < -0.4 is 5.32 Å². The smallest absolute Gasteiger partial charge is 0.0474 e. The fraction of sp³-hybridized carbons (Fsp3) is 1.00. The lowest BCUT2D eigenvalue weighted by atomic mass is 10.3. The zero-order valence-electron chi connectivity index (χ0n) is 10.9. The van der Waals surface area contributed by atoms with Gasteiger partial charge in [0.1, 0.15) is 0 Å². The number of nitrogens with one attached hydrogen (secondary N) is 1. The van der Waals surface area contributed by atoms with Crippen LogP contribution in [-0.2, 0) is 4.74 Å². The van der Waals surface area contributed by atoms with E-state index in [4.69, 9.17) is 4.74 Å². The molecule has 96 valence electrons. The van der Waals surface area contributed by atoms with Crippen molar-refractivity contribution in [3.8, 4) is 0 Å². The number of methoxy groups -OCH3 is 1. The molecule has 0 spiro atoms. The first kappa shape index (κ1) is 13.9. The molecule has 0 bridgehead atoms. The summed E-state index contributed by atoms with van der Waals surface area (Å²) >= 11 is 0. The number of likely N-dealkylation sites (N-methyl/N-ethyl adjacent to an activating group) is 1. The van der Waals surface area contributed by atoms with Crippen LogP contribution in [0.3, 0.4) is 0 Å². The van der Waals surface area contributed by atoms with Gasteiger partial charge >= 0.3 is 0 Å². The molecule has 1 heterocycles. The van der Waals surface area contributed by atoms with E-state index < -0.39 is 0 Å². The Bertz CT molecular complexity index is 158. The molecular formula is C12H27N3O. The predicted molar refractivity (Wildman–Crippen MR) is 67.9 cm³/mol. The zero-order chi connectivity index (χ0) is 11.6. The number of ether oxygens (including phenoxy) is 1. The molecule has 0 radical (unpaired) electrons. The minimum absolute atomic E-state index is 0.863. The van der Waals surface area contributed by atoms with E-state index in [0.29, 0.717) is 0 Å². The third-order valence-electron chi connectivity index (χ3n) is 3.22. The Labute approximate surface area is 99.9 Å². The molecule has 1 fully saturated rings. The van der Waals surface area contributed by atoms with Crippen molar-refractivity contribution in [1.29, 1.82) is 0 Å². The van der Waals surface area contributed by atoms with Gasteiger partial charge in [0.2, 0.25) is 0 Å². The number of piperazine rings is 1. The molecule has 0 aromatic rings. The van der Waals surface area contributed by atoms with Crippen molar-refractivity contribution in [3.63, 3.8) is 0 Å². The predicted octanol–water partition coefficient (Wildman–Crippen LogP) is 0.250. The first-order valence-corrected chi connectivity index (χ1v) is 6.51. The second-order valence-corrected chi connectivity index (χ2v) is 4.37. The largest absolute Gasteiger partial charge is 0.385 e. The van der Waals surface area contributed by atoms with E-state index >= 15 is 0 Å². The van der Waals surface area contributed by atoms with E-state index in [-0.39, 0.29) is 0 Å². The van der Waals surface area contributed by atoms with Crippen LogP contribution >= 0.6 is 0 Å². The first-order valence-electron chi connectivity index (χ1n) is 6.51. The maximum atomic E-state index is 5.01. The van der Waals surface area contributed by atoms with Crippen LogP contribution in [0.5, 0.6) is 0 Å². The van der Waals surface area contributed by atoms with Crippen LogP contribution in [0.25, 0.3) is 0 Å². The Morgan fingerprint density at radius 2 is 1.75 bits per heavy atom. The third-order valence-corrected chi connectivity index (χ3v) is 3.22. The van der Waals surface area contributed by atoms with Gasteiger partial charge in [0.25, 0.3) is 0 Å². The summed E-state index contributed by atoms with van der Waals surface area (Å²) in [5.41, 5.74) is 0. The van der Waals surface area contributed by atoms with Gasteiger partial charge in [-0.25, -0.2) is 0 Å². The molecule has 1 saturated heterocycles. The molecule has 0 unspecified atom stereocenters. The third kappa shape index (κ3) is 5.80. The molecule has 0 atom stereocenters. The Morgan fingerprint density at radius 1 is 1.06 bits per heavy atom. The SMILES string of the molecule is CCN1CCN(CCNCCCOC)CC1. The van der Waals surface area contributed by atoms with Gasteiger partial charge in [-0.05, 0) is 19.5 Å². The average Bonchev–Trinajstić information content (AvgIpc) is 2.34. The van der Waals surface area contributed by atoms with Crippen LogP contribution in [-0.4, -0.2) is 75.9 Å². The monoisotopic (exact) mass is 229 g/mol. The number of rotatable bonds is 8. The minimum Gasteiger partial charge on any atom is -0.385 e. The maximum absolute atomic E-state index is 5.01. The minimum atomic E-state index is 0.863. The molecule has 0 aliphatic carbocycles. The van der Waals surface area contributed by atoms with Gasteiger partial charge in [-0.1, -0.05) is 6.92 Å². The fourth-order valence-electron chi connectivity index (χ4n) is 2.03. The zero-order valence-corrected chi connectivity index (χ0v) is 10.9. The summed E-state index contributed by atoms with van der Waals surface area (Å²) in [4.78, 5) is 5.07. The molecule has 0 amide bonds. The molecule has 1 N–H and O–H groups in total. The van der Waals surface area contributed by atoms with Crippen LogP contribution in [0.4, 0.5) is 0 Å². The summed E-state index contributed by atoms with van der Waals surface area (Å²) in [6, 6.07) is 0. The van der Waals surface area contributed by atoms with Gasteiger partial charge in [0.05, 0.1) is 0 Å². The summed E-state index contributed by atoms with van der Waals surface area (Å²) in [6.45, 7) is 12.6. The lowest BCUT2D eigenvalue weighted by molar-refractivity contribution is 0.137. The second kappa shape index (κ2) is 8.93. The molecule has 1 aliphatic heterocycles. The Hall–Kier alpha value is -0.160. The van der Waals surface area contributed by atoms with E-state index in [1.165, 1.54) is 39.3 Å². The van der Waals surface area contributed by atoms with Crippen LogP contribution in [0.15, 0.2) is 0 Å². The van der Waals surface area contributed by atoms with Crippen molar-refractivity contribution in [1.82, 2.24) is 15.1 Å². The van der Waals surface area contributed by atoms with Crippen molar-refractivity contribution in [2.75, 3.05) is 66.1 Å². The van der Waals surface area contributed by atoms with Crippen molar-refractivity contribution in [3.05, 3.63) is 0 Å². The highest BCUT2D eigenvalue weighted by molar-refractivity contribution is 4.71. The molecule has 0 aromatic carbocycles. The molecular weight excluding hydrogens is 202 g/mol. The average molecular weight is 229 g/mol. The molecule has 4 nitrogen and oxygen atoms in total. The van der Waals surface area contributed by atoms with Crippen LogP contribution in [0.1, 0.15) is 13.3 Å². The Balaban J connectivity index is 1.90. The second-order valence-electron chi connectivity index (χ2n) is 4.37. The Morgan fingerprint density at radius 3 is 2.38 bits per heavy atom. The van der Waals surface area contributed by atoms with E-state index in [1.54, 1.807) is 7.11 Å².